The van der Waals surface area contributed by atoms with E-state index in [0.717, 1.165) is 42.0 Å². The van der Waals surface area contributed by atoms with Crippen LogP contribution >= 0.6 is 46.4 Å². The van der Waals surface area contributed by atoms with Gasteiger partial charge in [-0.2, -0.15) is 0 Å². The maximum Gasteiger partial charge on any atom is 0.264 e. The molecule has 236 valence electrons. The molecule has 0 aliphatic heterocycles. The van der Waals surface area contributed by atoms with Crippen molar-refractivity contribution in [1.29, 1.82) is 0 Å². The fraction of sp³-hybridized carbons (Fsp3) is 0.375. The fourth-order valence-electron chi connectivity index (χ4n) is 5.37. The highest BCUT2D eigenvalue weighted by Gasteiger charge is 2.35. The second-order valence-corrected chi connectivity index (χ2v) is 14.5. The Kier molecular flexibility index (Phi) is 11.9. The molecular weight excluding hydrogens is 664 g/mol. The van der Waals surface area contributed by atoms with E-state index in [4.69, 9.17) is 46.4 Å². The molecule has 3 aromatic carbocycles. The number of hydrogen-bond acceptors (Lipinski definition) is 4. The van der Waals surface area contributed by atoms with E-state index in [9.17, 15) is 18.0 Å². The molecule has 0 aromatic heterocycles. The van der Waals surface area contributed by atoms with E-state index in [0.29, 0.717) is 15.6 Å². The number of amides is 2. The first-order valence-electron chi connectivity index (χ1n) is 14.5. The van der Waals surface area contributed by atoms with Crippen molar-refractivity contribution in [2.75, 3.05) is 10.8 Å². The number of rotatable bonds is 11. The highest BCUT2D eigenvalue weighted by atomic mass is 35.5. The Morgan fingerprint density at radius 2 is 1.50 bits per heavy atom. The third-order valence-electron chi connectivity index (χ3n) is 7.75. The Balaban J connectivity index is 1.76. The van der Waals surface area contributed by atoms with Gasteiger partial charge in [-0.15, -0.1) is 0 Å². The Hall–Kier alpha value is -2.49. The van der Waals surface area contributed by atoms with Crippen molar-refractivity contribution in [3.63, 3.8) is 0 Å². The zero-order valence-electron chi connectivity index (χ0n) is 24.5. The maximum atomic E-state index is 14.3. The molecule has 44 heavy (non-hydrogen) atoms. The summed E-state index contributed by atoms with van der Waals surface area (Å²) in [5.74, 6) is -0.937. The van der Waals surface area contributed by atoms with Gasteiger partial charge in [0.25, 0.3) is 10.0 Å². The van der Waals surface area contributed by atoms with E-state index < -0.39 is 28.5 Å². The van der Waals surface area contributed by atoms with Crippen LogP contribution in [0.2, 0.25) is 20.1 Å². The second-order valence-electron chi connectivity index (χ2n) is 10.9. The standard InChI is InChI=1S/C32H35Cl4N3O4S/c1-3-30(32(41)37-24-8-5-4-6-9-24)38(19-27-28(35)10-7-11-29(27)36)31(40)20-39(25-17-22(33)16-23(34)18-25)44(42,43)26-14-12-21(2)13-15-26/h7,10-18,24,30H,3-6,8-9,19-20H2,1-2H3,(H,37,41)/t30-/m1/s1. The van der Waals surface area contributed by atoms with Crippen LogP contribution in [0.4, 0.5) is 5.69 Å². The average molecular weight is 700 g/mol. The lowest BCUT2D eigenvalue weighted by Gasteiger charge is -2.35. The van der Waals surface area contributed by atoms with E-state index in [1.54, 1.807) is 37.3 Å². The number of sulfonamides is 1. The molecule has 7 nitrogen and oxygen atoms in total. The smallest absolute Gasteiger partial charge is 0.264 e. The summed E-state index contributed by atoms with van der Waals surface area (Å²) in [5, 5.41) is 4.15. The molecule has 0 bridgehead atoms. The van der Waals surface area contributed by atoms with Gasteiger partial charge in [0.1, 0.15) is 12.6 Å². The van der Waals surface area contributed by atoms with Crippen molar-refractivity contribution in [3.8, 4) is 0 Å². The first-order chi connectivity index (χ1) is 20.9. The lowest BCUT2D eigenvalue weighted by molar-refractivity contribution is -0.140. The summed E-state index contributed by atoms with van der Waals surface area (Å²) < 4.78 is 29.1. The molecule has 3 aromatic rings. The average Bonchev–Trinajstić information content (AvgIpc) is 2.97. The Bertz CT molecular complexity index is 1550. The summed E-state index contributed by atoms with van der Waals surface area (Å²) >= 11 is 25.6. The number of hydrogen-bond donors (Lipinski definition) is 1. The first kappa shape index (κ1) is 34.4. The monoisotopic (exact) mass is 697 g/mol. The van der Waals surface area contributed by atoms with Crippen LogP contribution in [0.15, 0.2) is 65.6 Å². The van der Waals surface area contributed by atoms with Crippen molar-refractivity contribution in [3.05, 3.63) is 91.9 Å². The molecule has 0 unspecified atom stereocenters. The minimum Gasteiger partial charge on any atom is -0.352 e. The first-order valence-corrected chi connectivity index (χ1v) is 17.4. The van der Waals surface area contributed by atoms with Crippen molar-refractivity contribution >= 4 is 73.9 Å². The van der Waals surface area contributed by atoms with Gasteiger partial charge in [0.05, 0.1) is 10.6 Å². The number of nitrogens with zero attached hydrogens (tertiary/aromatic N) is 2. The topological polar surface area (TPSA) is 86.8 Å². The van der Waals surface area contributed by atoms with Crippen molar-refractivity contribution < 1.29 is 18.0 Å². The summed E-state index contributed by atoms with van der Waals surface area (Å²) in [5.41, 5.74) is 1.42. The minimum atomic E-state index is -4.28. The molecule has 1 aliphatic rings. The molecule has 12 heteroatoms. The van der Waals surface area contributed by atoms with Gasteiger partial charge in [-0.1, -0.05) is 96.4 Å². The third-order valence-corrected chi connectivity index (χ3v) is 10.7. The van der Waals surface area contributed by atoms with Crippen LogP contribution in [0, 0.1) is 6.92 Å². The van der Waals surface area contributed by atoms with Crippen molar-refractivity contribution in [1.82, 2.24) is 10.2 Å². The van der Waals surface area contributed by atoms with Crippen molar-refractivity contribution in [2.24, 2.45) is 0 Å². The quantitative estimate of drug-likeness (QED) is 0.220. The summed E-state index contributed by atoms with van der Waals surface area (Å²) in [7, 11) is -4.28. The maximum absolute atomic E-state index is 14.3. The number of carbonyl (C=O) groups is 2. The van der Waals surface area contributed by atoms with E-state index in [2.05, 4.69) is 5.32 Å². The summed E-state index contributed by atoms with van der Waals surface area (Å²) in [6.07, 6.45) is 5.18. The minimum absolute atomic E-state index is 0.0122. The highest BCUT2D eigenvalue weighted by molar-refractivity contribution is 7.92. The summed E-state index contributed by atoms with van der Waals surface area (Å²) in [4.78, 5) is 29.4. The van der Waals surface area contributed by atoms with Crippen LogP contribution in [0.1, 0.15) is 56.6 Å². The van der Waals surface area contributed by atoms with E-state index in [1.165, 1.54) is 35.2 Å². The molecule has 1 saturated carbocycles. The second kappa shape index (κ2) is 15.2. The largest absolute Gasteiger partial charge is 0.352 e. The van der Waals surface area contributed by atoms with Crippen LogP contribution in [0.3, 0.4) is 0 Å². The lowest BCUT2D eigenvalue weighted by atomic mass is 9.95. The van der Waals surface area contributed by atoms with E-state index in [1.807, 2.05) is 6.92 Å². The molecule has 1 aliphatic carbocycles. The lowest BCUT2D eigenvalue weighted by Crippen LogP contribution is -2.54. The molecule has 0 spiro atoms. The van der Waals surface area contributed by atoms with Crippen LogP contribution in [-0.2, 0) is 26.2 Å². The van der Waals surface area contributed by atoms with Gasteiger partial charge < -0.3 is 10.2 Å². The number of carbonyl (C=O) groups excluding carboxylic acids is 2. The normalized spacial score (nSPS) is 14.6. The number of anilines is 1. The Labute approximate surface area is 279 Å². The van der Waals surface area contributed by atoms with Gasteiger partial charge in [0.2, 0.25) is 11.8 Å². The summed E-state index contributed by atoms with van der Waals surface area (Å²) in [6.45, 7) is 2.90. The van der Waals surface area contributed by atoms with Crippen LogP contribution in [0.5, 0.6) is 0 Å². The molecule has 1 N–H and O–H groups in total. The van der Waals surface area contributed by atoms with Crippen molar-refractivity contribution in [2.45, 2.75) is 75.9 Å². The van der Waals surface area contributed by atoms with Gasteiger partial charge in [0, 0.05) is 38.2 Å². The molecule has 0 saturated heterocycles. The van der Waals surface area contributed by atoms with E-state index in [-0.39, 0.29) is 45.5 Å². The zero-order chi connectivity index (χ0) is 32.0. The number of benzene rings is 3. The van der Waals surface area contributed by atoms with Gasteiger partial charge in [0.15, 0.2) is 0 Å². The molecular formula is C32H35Cl4N3O4S. The van der Waals surface area contributed by atoms with Crippen LogP contribution < -0.4 is 9.62 Å². The third kappa shape index (κ3) is 8.40. The molecule has 2 amide bonds. The SMILES string of the molecule is CC[C@H](C(=O)NC1CCCCC1)N(Cc1c(Cl)cccc1Cl)C(=O)CN(c1cc(Cl)cc(Cl)c1)S(=O)(=O)c1ccc(C)cc1. The number of halogens is 4. The molecule has 1 atom stereocenters. The van der Waals surface area contributed by atoms with Gasteiger partial charge in [-0.3, -0.25) is 13.9 Å². The highest BCUT2D eigenvalue weighted by Crippen LogP contribution is 2.32. The number of aryl methyl sites for hydroxylation is 1. The predicted octanol–water partition coefficient (Wildman–Crippen LogP) is 8.06. The van der Waals surface area contributed by atoms with Crippen LogP contribution in [-0.4, -0.2) is 43.8 Å². The van der Waals surface area contributed by atoms with Gasteiger partial charge in [-0.25, -0.2) is 8.42 Å². The summed E-state index contributed by atoms with van der Waals surface area (Å²) in [6, 6.07) is 14.7. The molecule has 4 rings (SSSR count). The van der Waals surface area contributed by atoms with E-state index >= 15 is 0 Å². The fourth-order valence-corrected chi connectivity index (χ4v) is 7.80. The number of nitrogens with one attached hydrogen (secondary N) is 1. The van der Waals surface area contributed by atoms with Crippen LogP contribution in [0.25, 0.3) is 0 Å². The van der Waals surface area contributed by atoms with Gasteiger partial charge >= 0.3 is 0 Å². The molecule has 1 fully saturated rings. The van der Waals surface area contributed by atoms with Gasteiger partial charge in [-0.05, 0) is 68.7 Å². The molecule has 0 heterocycles. The molecule has 0 radical (unpaired) electrons. The Morgan fingerprint density at radius 3 is 2.07 bits per heavy atom. The zero-order valence-corrected chi connectivity index (χ0v) is 28.4. The Morgan fingerprint density at radius 1 is 0.909 bits per heavy atom. The predicted molar refractivity (Wildman–Crippen MR) is 178 cm³/mol.